The Labute approximate surface area is 117 Å². The molecule has 20 heavy (non-hydrogen) atoms. The first kappa shape index (κ1) is 14.0. The molecule has 1 saturated heterocycles. The molecule has 1 aromatic rings. The number of pyridine rings is 1. The first-order valence-corrected chi connectivity index (χ1v) is 6.51. The van der Waals surface area contributed by atoms with Crippen LogP contribution in [0.15, 0.2) is 18.3 Å². The molecule has 0 radical (unpaired) electrons. The van der Waals surface area contributed by atoms with Crippen LogP contribution >= 0.6 is 0 Å². The molecule has 0 aromatic carbocycles. The van der Waals surface area contributed by atoms with Crippen LogP contribution in [0.3, 0.4) is 0 Å². The third-order valence-electron chi connectivity index (χ3n) is 3.29. The molecule has 0 N–H and O–H groups in total. The number of likely N-dealkylation sites (N-methyl/N-ethyl adjacent to an activating group) is 1. The van der Waals surface area contributed by atoms with E-state index in [1.165, 1.54) is 23.2 Å². The number of nitriles is 1. The van der Waals surface area contributed by atoms with Gasteiger partial charge >= 0.3 is 0 Å². The summed E-state index contributed by atoms with van der Waals surface area (Å²) < 4.78 is 0. The molecular formula is C14H16N4O2. The standard InChI is InChI=1S/C14H16N4O2/c1-17(10-13(19)18-6-2-3-7-18)14(20)12-5-4-11(8-15)9-16-12/h4-5,9H,2-3,6-7,10H2,1H3. The lowest BCUT2D eigenvalue weighted by atomic mass is 10.2. The quantitative estimate of drug-likeness (QED) is 0.809. The fourth-order valence-electron chi connectivity index (χ4n) is 2.12. The molecule has 0 aliphatic carbocycles. The smallest absolute Gasteiger partial charge is 0.272 e. The van der Waals surface area contributed by atoms with E-state index in [1.54, 1.807) is 11.9 Å². The van der Waals surface area contributed by atoms with Crippen molar-refractivity contribution in [2.45, 2.75) is 12.8 Å². The number of carbonyl (C=O) groups excluding carboxylic acids is 2. The molecule has 0 saturated carbocycles. The van der Waals surface area contributed by atoms with Crippen LogP contribution in [-0.4, -0.2) is 53.3 Å². The van der Waals surface area contributed by atoms with E-state index in [9.17, 15) is 9.59 Å². The van der Waals surface area contributed by atoms with Crippen molar-refractivity contribution in [2.75, 3.05) is 26.7 Å². The Kier molecular flexibility index (Phi) is 4.31. The average molecular weight is 272 g/mol. The molecule has 6 heteroatoms. The molecule has 0 bridgehead atoms. The van der Waals surface area contributed by atoms with E-state index in [2.05, 4.69) is 4.98 Å². The van der Waals surface area contributed by atoms with Gasteiger partial charge in [-0.2, -0.15) is 5.26 Å². The van der Waals surface area contributed by atoms with Crippen molar-refractivity contribution >= 4 is 11.8 Å². The molecule has 0 unspecified atom stereocenters. The van der Waals surface area contributed by atoms with Crippen molar-refractivity contribution in [3.63, 3.8) is 0 Å². The van der Waals surface area contributed by atoms with E-state index >= 15 is 0 Å². The lowest BCUT2D eigenvalue weighted by Gasteiger charge is -2.21. The Hall–Kier alpha value is -2.42. The maximum Gasteiger partial charge on any atom is 0.272 e. The number of hydrogen-bond acceptors (Lipinski definition) is 4. The minimum atomic E-state index is -0.318. The third-order valence-corrected chi connectivity index (χ3v) is 3.29. The molecule has 1 aromatic heterocycles. The fourth-order valence-corrected chi connectivity index (χ4v) is 2.12. The van der Waals surface area contributed by atoms with Gasteiger partial charge in [0.1, 0.15) is 11.8 Å². The number of amides is 2. The van der Waals surface area contributed by atoms with Gasteiger partial charge in [0.25, 0.3) is 5.91 Å². The fraction of sp³-hybridized carbons (Fsp3) is 0.429. The summed E-state index contributed by atoms with van der Waals surface area (Å²) in [5.41, 5.74) is 0.637. The van der Waals surface area contributed by atoms with E-state index in [4.69, 9.17) is 5.26 Å². The Morgan fingerprint density at radius 2 is 2.10 bits per heavy atom. The molecule has 0 atom stereocenters. The second-order valence-corrected chi connectivity index (χ2v) is 4.79. The summed E-state index contributed by atoms with van der Waals surface area (Å²) in [4.78, 5) is 31.1. The van der Waals surface area contributed by atoms with Crippen molar-refractivity contribution in [2.24, 2.45) is 0 Å². The Balaban J connectivity index is 1.97. The van der Waals surface area contributed by atoms with E-state index in [-0.39, 0.29) is 24.1 Å². The first-order valence-electron chi connectivity index (χ1n) is 6.51. The van der Waals surface area contributed by atoms with Crippen molar-refractivity contribution in [3.05, 3.63) is 29.6 Å². The highest BCUT2D eigenvalue weighted by molar-refractivity contribution is 5.94. The number of nitrogens with zero attached hydrogens (tertiary/aromatic N) is 4. The highest BCUT2D eigenvalue weighted by Gasteiger charge is 2.22. The maximum atomic E-state index is 12.1. The van der Waals surface area contributed by atoms with Gasteiger partial charge in [-0.3, -0.25) is 9.59 Å². The summed E-state index contributed by atoms with van der Waals surface area (Å²) >= 11 is 0. The van der Waals surface area contributed by atoms with Crippen LogP contribution < -0.4 is 0 Å². The molecule has 2 amide bonds. The molecule has 1 aliphatic rings. The lowest BCUT2D eigenvalue weighted by Crippen LogP contribution is -2.40. The number of carbonyl (C=O) groups is 2. The summed E-state index contributed by atoms with van der Waals surface area (Å²) in [5, 5.41) is 8.68. The van der Waals surface area contributed by atoms with Crippen LogP contribution in [0, 0.1) is 11.3 Å². The number of rotatable bonds is 3. The molecule has 2 heterocycles. The third kappa shape index (κ3) is 3.12. The van der Waals surface area contributed by atoms with Gasteiger partial charge in [-0.05, 0) is 25.0 Å². The molecule has 2 rings (SSSR count). The maximum absolute atomic E-state index is 12.1. The zero-order chi connectivity index (χ0) is 14.5. The SMILES string of the molecule is CN(CC(=O)N1CCCC1)C(=O)c1ccc(C#N)cn1. The molecule has 1 aliphatic heterocycles. The second kappa shape index (κ2) is 6.15. The Bertz CT molecular complexity index is 541. The van der Waals surface area contributed by atoms with Gasteiger partial charge in [0.15, 0.2) is 0 Å². The lowest BCUT2D eigenvalue weighted by molar-refractivity contribution is -0.130. The molecular weight excluding hydrogens is 256 g/mol. The highest BCUT2D eigenvalue weighted by atomic mass is 16.2. The van der Waals surface area contributed by atoms with E-state index in [1.807, 2.05) is 6.07 Å². The van der Waals surface area contributed by atoms with Crippen LogP contribution in [0.4, 0.5) is 0 Å². The topological polar surface area (TPSA) is 77.3 Å². The van der Waals surface area contributed by atoms with E-state index in [0.29, 0.717) is 5.56 Å². The van der Waals surface area contributed by atoms with Gasteiger partial charge in [-0.15, -0.1) is 0 Å². The average Bonchev–Trinajstić information content (AvgIpc) is 3.01. The van der Waals surface area contributed by atoms with Gasteiger partial charge in [-0.1, -0.05) is 0 Å². The van der Waals surface area contributed by atoms with Crippen LogP contribution in [0.5, 0.6) is 0 Å². The van der Waals surface area contributed by atoms with Crippen molar-refractivity contribution in [1.82, 2.24) is 14.8 Å². The Morgan fingerprint density at radius 1 is 1.40 bits per heavy atom. The molecule has 104 valence electrons. The normalized spacial score (nSPS) is 13.9. The van der Waals surface area contributed by atoms with Crippen LogP contribution in [0.1, 0.15) is 28.9 Å². The monoisotopic (exact) mass is 272 g/mol. The summed E-state index contributed by atoms with van der Waals surface area (Å²) in [6.07, 6.45) is 3.41. The van der Waals surface area contributed by atoms with Crippen molar-refractivity contribution in [3.8, 4) is 6.07 Å². The summed E-state index contributed by atoms with van der Waals surface area (Å²) in [7, 11) is 1.58. The zero-order valence-electron chi connectivity index (χ0n) is 11.4. The van der Waals surface area contributed by atoms with Gasteiger partial charge < -0.3 is 9.80 Å². The number of aromatic nitrogens is 1. The van der Waals surface area contributed by atoms with E-state index in [0.717, 1.165) is 25.9 Å². The zero-order valence-corrected chi connectivity index (χ0v) is 11.4. The molecule has 6 nitrogen and oxygen atoms in total. The minimum Gasteiger partial charge on any atom is -0.341 e. The second-order valence-electron chi connectivity index (χ2n) is 4.79. The summed E-state index contributed by atoms with van der Waals surface area (Å²) in [6.45, 7) is 1.60. The van der Waals surface area contributed by atoms with E-state index < -0.39 is 0 Å². The van der Waals surface area contributed by atoms with Gasteiger partial charge in [0.05, 0.1) is 12.1 Å². The predicted octanol–water partition coefficient (Wildman–Crippen LogP) is 0.648. The molecule has 0 spiro atoms. The number of hydrogen-bond donors (Lipinski definition) is 0. The minimum absolute atomic E-state index is 0.0352. The van der Waals surface area contributed by atoms with Gasteiger partial charge in [-0.25, -0.2) is 4.98 Å². The van der Waals surface area contributed by atoms with Crippen molar-refractivity contribution < 1.29 is 9.59 Å². The highest BCUT2D eigenvalue weighted by Crippen LogP contribution is 2.09. The van der Waals surface area contributed by atoms with Gasteiger partial charge in [0, 0.05) is 26.3 Å². The first-order chi connectivity index (χ1) is 9.61. The largest absolute Gasteiger partial charge is 0.341 e. The summed E-state index contributed by atoms with van der Waals surface area (Å²) in [6, 6.07) is 4.98. The van der Waals surface area contributed by atoms with Crippen LogP contribution in [0.2, 0.25) is 0 Å². The number of likely N-dealkylation sites (tertiary alicyclic amines) is 1. The van der Waals surface area contributed by atoms with Crippen LogP contribution in [0.25, 0.3) is 0 Å². The predicted molar refractivity (Wildman–Crippen MR) is 71.7 cm³/mol. The van der Waals surface area contributed by atoms with Crippen molar-refractivity contribution in [1.29, 1.82) is 5.26 Å². The van der Waals surface area contributed by atoms with Crippen LogP contribution in [-0.2, 0) is 4.79 Å². The Morgan fingerprint density at radius 3 is 2.65 bits per heavy atom. The van der Waals surface area contributed by atoms with Gasteiger partial charge in [0.2, 0.25) is 5.91 Å². The molecule has 1 fully saturated rings. The summed E-state index contributed by atoms with van der Waals surface area (Å²) in [5.74, 6) is -0.353.